The van der Waals surface area contributed by atoms with Gasteiger partial charge in [-0.05, 0) is 25.7 Å². The Balaban J connectivity index is 1.80. The van der Waals surface area contributed by atoms with E-state index in [1.807, 2.05) is 4.90 Å². The number of carbonyl (C=O) groups is 1. The number of hydrogen-bond acceptors (Lipinski definition) is 4. The van der Waals surface area contributed by atoms with Crippen molar-refractivity contribution in [3.63, 3.8) is 0 Å². The second-order valence-electron chi connectivity index (χ2n) is 5.80. The fraction of sp³-hybridized carbons (Fsp3) is 0.923. The Kier molecular flexibility index (Phi) is 5.45. The summed E-state index contributed by atoms with van der Waals surface area (Å²) < 4.78 is 29.4. The second-order valence-corrected chi connectivity index (χ2v) is 7.79. The zero-order valence-corrected chi connectivity index (χ0v) is 13.6. The Bertz CT molecular complexity index is 456. The molecule has 2 fully saturated rings. The van der Waals surface area contributed by atoms with Crippen LogP contribution in [-0.2, 0) is 14.8 Å². The van der Waals surface area contributed by atoms with E-state index in [0.29, 0.717) is 45.1 Å². The van der Waals surface area contributed by atoms with Crippen LogP contribution in [0.3, 0.4) is 0 Å². The molecular formula is C13H25N3O4S. The first-order valence-electron chi connectivity index (χ1n) is 7.43. The molecule has 1 saturated heterocycles. The predicted molar refractivity (Wildman–Crippen MR) is 79.6 cm³/mol. The van der Waals surface area contributed by atoms with Crippen LogP contribution in [0.1, 0.15) is 25.7 Å². The number of piperidine rings is 1. The van der Waals surface area contributed by atoms with Crippen LogP contribution in [0.15, 0.2) is 0 Å². The number of methoxy groups -OCH3 is 1. The van der Waals surface area contributed by atoms with Gasteiger partial charge in [0.1, 0.15) is 0 Å². The topological polar surface area (TPSA) is 79.0 Å². The minimum atomic E-state index is -3.12. The van der Waals surface area contributed by atoms with Gasteiger partial charge in [0.05, 0.1) is 12.9 Å². The molecule has 0 aromatic carbocycles. The number of rotatable bonds is 6. The van der Waals surface area contributed by atoms with Crippen LogP contribution in [0.5, 0.6) is 0 Å². The summed E-state index contributed by atoms with van der Waals surface area (Å²) in [7, 11) is -1.49. The molecule has 0 spiro atoms. The van der Waals surface area contributed by atoms with Crippen molar-refractivity contribution in [3.8, 4) is 0 Å². The average Bonchev–Trinajstić information content (AvgIpc) is 3.23. The van der Waals surface area contributed by atoms with Gasteiger partial charge in [0, 0.05) is 38.8 Å². The highest BCUT2D eigenvalue weighted by Gasteiger charge is 2.34. The van der Waals surface area contributed by atoms with Gasteiger partial charge in [0.2, 0.25) is 10.0 Å². The highest BCUT2D eigenvalue weighted by atomic mass is 32.2. The van der Waals surface area contributed by atoms with Gasteiger partial charge < -0.3 is 15.0 Å². The van der Waals surface area contributed by atoms with E-state index in [0.717, 1.165) is 12.8 Å². The van der Waals surface area contributed by atoms with Gasteiger partial charge in [-0.15, -0.1) is 0 Å². The maximum atomic E-state index is 12.3. The summed E-state index contributed by atoms with van der Waals surface area (Å²) in [4.78, 5) is 14.1. The van der Waals surface area contributed by atoms with Crippen molar-refractivity contribution in [2.24, 2.45) is 0 Å². The smallest absolute Gasteiger partial charge is 0.317 e. The van der Waals surface area contributed by atoms with Crippen LogP contribution < -0.4 is 5.32 Å². The normalized spacial score (nSPS) is 21.2. The van der Waals surface area contributed by atoms with Crippen molar-refractivity contribution >= 4 is 16.1 Å². The lowest BCUT2D eigenvalue weighted by Gasteiger charge is -2.32. The lowest BCUT2D eigenvalue weighted by molar-refractivity contribution is 0.142. The summed E-state index contributed by atoms with van der Waals surface area (Å²) in [6.07, 6.45) is 4.68. The molecular weight excluding hydrogens is 294 g/mol. The number of nitrogens with zero attached hydrogens (tertiary/aromatic N) is 2. The van der Waals surface area contributed by atoms with E-state index in [-0.39, 0.29) is 12.1 Å². The third kappa shape index (κ3) is 4.82. The minimum Gasteiger partial charge on any atom is -0.383 e. The average molecular weight is 319 g/mol. The highest BCUT2D eigenvalue weighted by Crippen LogP contribution is 2.26. The van der Waals surface area contributed by atoms with Crippen molar-refractivity contribution in [1.82, 2.24) is 14.5 Å². The number of nitrogens with one attached hydrogen (secondary N) is 1. The lowest BCUT2D eigenvalue weighted by Crippen LogP contribution is -2.51. The summed E-state index contributed by atoms with van der Waals surface area (Å²) in [5.41, 5.74) is 0. The summed E-state index contributed by atoms with van der Waals surface area (Å²) in [6.45, 7) is 2.10. The zero-order chi connectivity index (χ0) is 15.5. The maximum Gasteiger partial charge on any atom is 0.317 e. The molecule has 8 heteroatoms. The largest absolute Gasteiger partial charge is 0.383 e. The van der Waals surface area contributed by atoms with Crippen LogP contribution in [0.25, 0.3) is 0 Å². The molecule has 2 rings (SSSR count). The molecule has 2 aliphatic rings. The van der Waals surface area contributed by atoms with E-state index in [1.54, 1.807) is 7.11 Å². The van der Waals surface area contributed by atoms with Crippen LogP contribution in [-0.4, -0.2) is 75.3 Å². The first-order chi connectivity index (χ1) is 9.91. The van der Waals surface area contributed by atoms with Gasteiger partial charge in [-0.1, -0.05) is 0 Å². The molecule has 0 unspecified atom stereocenters. The van der Waals surface area contributed by atoms with Gasteiger partial charge in [-0.25, -0.2) is 17.5 Å². The third-order valence-electron chi connectivity index (χ3n) is 4.04. The molecule has 1 heterocycles. The molecule has 0 aromatic heterocycles. The molecule has 0 atom stereocenters. The van der Waals surface area contributed by atoms with Crippen molar-refractivity contribution in [2.75, 3.05) is 39.6 Å². The Morgan fingerprint density at radius 1 is 1.29 bits per heavy atom. The first-order valence-corrected chi connectivity index (χ1v) is 9.28. The fourth-order valence-corrected chi connectivity index (χ4v) is 3.49. The van der Waals surface area contributed by atoms with Gasteiger partial charge in [0.25, 0.3) is 0 Å². The van der Waals surface area contributed by atoms with Crippen molar-refractivity contribution in [1.29, 1.82) is 0 Å². The monoisotopic (exact) mass is 319 g/mol. The number of amides is 2. The molecule has 122 valence electrons. The number of sulfonamides is 1. The van der Waals surface area contributed by atoms with Crippen LogP contribution in [0, 0.1) is 0 Å². The van der Waals surface area contributed by atoms with E-state index >= 15 is 0 Å². The molecule has 1 aliphatic heterocycles. The van der Waals surface area contributed by atoms with E-state index in [2.05, 4.69) is 5.32 Å². The molecule has 1 aliphatic carbocycles. The van der Waals surface area contributed by atoms with E-state index in [9.17, 15) is 13.2 Å². The van der Waals surface area contributed by atoms with E-state index < -0.39 is 10.0 Å². The third-order valence-corrected chi connectivity index (χ3v) is 5.34. The molecule has 0 aromatic rings. The molecule has 0 bridgehead atoms. The molecule has 1 N–H and O–H groups in total. The number of urea groups is 1. The summed E-state index contributed by atoms with van der Waals surface area (Å²) in [5.74, 6) is 0. The second kappa shape index (κ2) is 6.93. The molecule has 2 amide bonds. The van der Waals surface area contributed by atoms with Crippen molar-refractivity contribution in [3.05, 3.63) is 0 Å². The molecule has 1 saturated carbocycles. The predicted octanol–water partition coefficient (Wildman–Crippen LogP) is 0.231. The Hall–Kier alpha value is -0.860. The van der Waals surface area contributed by atoms with Crippen LogP contribution in [0.4, 0.5) is 4.79 Å². The van der Waals surface area contributed by atoms with Gasteiger partial charge in [-0.2, -0.15) is 0 Å². The fourth-order valence-electron chi connectivity index (χ4n) is 2.62. The standard InChI is InChI=1S/C13H25N3O4S/c1-20-10-9-16(12-3-4-12)13(17)14-11-5-7-15(8-6-11)21(2,18)19/h11-12H,3-10H2,1-2H3,(H,14,17). The van der Waals surface area contributed by atoms with Crippen molar-refractivity contribution < 1.29 is 17.9 Å². The summed E-state index contributed by atoms with van der Waals surface area (Å²) in [5, 5.41) is 3.03. The molecule has 7 nitrogen and oxygen atoms in total. The van der Waals surface area contributed by atoms with Crippen LogP contribution in [0.2, 0.25) is 0 Å². The summed E-state index contributed by atoms with van der Waals surface area (Å²) >= 11 is 0. The highest BCUT2D eigenvalue weighted by molar-refractivity contribution is 7.88. The first kappa shape index (κ1) is 16.5. The number of ether oxygens (including phenoxy) is 1. The number of hydrogen-bond donors (Lipinski definition) is 1. The molecule has 0 radical (unpaired) electrons. The maximum absolute atomic E-state index is 12.3. The Morgan fingerprint density at radius 3 is 2.38 bits per heavy atom. The van der Waals surface area contributed by atoms with E-state index in [1.165, 1.54) is 10.6 Å². The Morgan fingerprint density at radius 2 is 1.90 bits per heavy atom. The van der Waals surface area contributed by atoms with Gasteiger partial charge in [0.15, 0.2) is 0 Å². The SMILES string of the molecule is COCCN(C(=O)NC1CCN(S(C)(=O)=O)CC1)C1CC1. The van der Waals surface area contributed by atoms with Crippen molar-refractivity contribution in [2.45, 2.75) is 37.8 Å². The van der Waals surface area contributed by atoms with Crippen LogP contribution >= 0.6 is 0 Å². The zero-order valence-electron chi connectivity index (χ0n) is 12.7. The Labute approximate surface area is 126 Å². The number of carbonyl (C=O) groups excluding carboxylic acids is 1. The minimum absolute atomic E-state index is 0.0487. The lowest BCUT2D eigenvalue weighted by atomic mass is 10.1. The van der Waals surface area contributed by atoms with E-state index in [4.69, 9.17) is 4.74 Å². The van der Waals surface area contributed by atoms with Gasteiger partial charge in [-0.3, -0.25) is 0 Å². The summed E-state index contributed by atoms with van der Waals surface area (Å²) in [6, 6.07) is 0.350. The molecule has 21 heavy (non-hydrogen) atoms. The van der Waals surface area contributed by atoms with Gasteiger partial charge >= 0.3 is 6.03 Å². The quantitative estimate of drug-likeness (QED) is 0.760.